The van der Waals surface area contributed by atoms with Gasteiger partial charge in [-0.15, -0.1) is 11.3 Å². The Labute approximate surface area is 373 Å². The molecule has 13 aromatic rings. The topological polar surface area (TPSA) is 43.6 Å². The van der Waals surface area contributed by atoms with Crippen molar-refractivity contribution < 1.29 is 0 Å². The monoisotopic (exact) mass is 832 g/mol. The number of hydrogen-bond acceptors (Lipinski definition) is 4. The van der Waals surface area contributed by atoms with E-state index in [2.05, 4.69) is 223 Å². The van der Waals surface area contributed by atoms with Gasteiger partial charge in [-0.25, -0.2) is 15.0 Å². The highest BCUT2D eigenvalue weighted by Gasteiger charge is 2.22. The number of fused-ring (bicyclic) bond motifs is 9. The van der Waals surface area contributed by atoms with Gasteiger partial charge in [-0.3, -0.25) is 0 Å². The van der Waals surface area contributed by atoms with Gasteiger partial charge < -0.3 is 4.57 Å². The molecule has 0 saturated carbocycles. The maximum absolute atomic E-state index is 5.50. The Balaban J connectivity index is 1.09. The molecule has 0 aliphatic rings. The van der Waals surface area contributed by atoms with Gasteiger partial charge in [0.1, 0.15) is 0 Å². The van der Waals surface area contributed by atoms with Crippen LogP contribution in [0.25, 0.3) is 126 Å². The van der Waals surface area contributed by atoms with Crippen molar-refractivity contribution in [1.82, 2.24) is 19.5 Å². The molecule has 10 aromatic carbocycles. The summed E-state index contributed by atoms with van der Waals surface area (Å²) >= 11 is 1.84. The van der Waals surface area contributed by atoms with Crippen molar-refractivity contribution in [3.8, 4) is 62.1 Å². The van der Waals surface area contributed by atoms with Crippen molar-refractivity contribution in [2.75, 3.05) is 0 Å². The summed E-state index contributed by atoms with van der Waals surface area (Å²) in [6, 6.07) is 78.0. The van der Waals surface area contributed by atoms with Gasteiger partial charge in [0.15, 0.2) is 17.5 Å². The number of benzene rings is 10. The summed E-state index contributed by atoms with van der Waals surface area (Å²) in [5.74, 6) is 1.84. The lowest BCUT2D eigenvalue weighted by molar-refractivity contribution is 1.07. The zero-order valence-electron chi connectivity index (χ0n) is 34.5. The summed E-state index contributed by atoms with van der Waals surface area (Å²) in [7, 11) is 0. The predicted molar refractivity (Wildman–Crippen MR) is 269 cm³/mol. The minimum Gasteiger partial charge on any atom is -0.308 e. The Bertz CT molecular complexity index is 3920. The van der Waals surface area contributed by atoms with Crippen molar-refractivity contribution in [2.24, 2.45) is 0 Å². The zero-order chi connectivity index (χ0) is 42.1. The number of aromatic nitrogens is 4. The molecule has 0 spiro atoms. The van der Waals surface area contributed by atoms with Crippen LogP contribution in [0.3, 0.4) is 0 Å². The van der Waals surface area contributed by atoms with Crippen LogP contribution in [0.1, 0.15) is 0 Å². The van der Waals surface area contributed by atoms with E-state index in [-0.39, 0.29) is 0 Å². The average molecular weight is 833 g/mol. The van der Waals surface area contributed by atoms with Gasteiger partial charge in [-0.1, -0.05) is 176 Å². The largest absolute Gasteiger partial charge is 0.308 e. The third kappa shape index (κ3) is 5.86. The molecule has 64 heavy (non-hydrogen) atoms. The lowest BCUT2D eigenvalue weighted by Gasteiger charge is -2.17. The van der Waals surface area contributed by atoms with E-state index in [1.807, 2.05) is 11.3 Å². The Kier molecular flexibility index (Phi) is 8.36. The Morgan fingerprint density at radius 3 is 1.69 bits per heavy atom. The second-order valence-electron chi connectivity index (χ2n) is 16.3. The first-order valence-corrected chi connectivity index (χ1v) is 22.4. The number of nitrogens with zero attached hydrogens (tertiary/aromatic N) is 4. The zero-order valence-corrected chi connectivity index (χ0v) is 35.3. The summed E-state index contributed by atoms with van der Waals surface area (Å²) in [4.78, 5) is 16.4. The third-order valence-electron chi connectivity index (χ3n) is 12.6. The summed E-state index contributed by atoms with van der Waals surface area (Å²) < 4.78 is 4.94. The van der Waals surface area contributed by atoms with Crippen LogP contribution in [0.4, 0.5) is 0 Å². The Hall–Kier alpha value is -8.25. The molecular formula is C59H36N4S. The molecule has 3 aromatic heterocycles. The second-order valence-corrected chi connectivity index (χ2v) is 17.4. The summed E-state index contributed by atoms with van der Waals surface area (Å²) in [6.07, 6.45) is 0. The van der Waals surface area contributed by atoms with Gasteiger partial charge >= 0.3 is 0 Å². The molecule has 0 unspecified atom stereocenters. The molecule has 0 radical (unpaired) electrons. The Morgan fingerprint density at radius 1 is 0.312 bits per heavy atom. The molecule has 0 atom stereocenters. The minimum absolute atomic E-state index is 0.603. The molecule has 0 saturated heterocycles. The van der Waals surface area contributed by atoms with Crippen LogP contribution >= 0.6 is 11.3 Å². The van der Waals surface area contributed by atoms with Crippen molar-refractivity contribution >= 4 is 74.9 Å². The van der Waals surface area contributed by atoms with Crippen LogP contribution in [-0.2, 0) is 0 Å². The third-order valence-corrected chi connectivity index (χ3v) is 13.9. The molecule has 298 valence electrons. The van der Waals surface area contributed by atoms with E-state index in [4.69, 9.17) is 15.0 Å². The van der Waals surface area contributed by atoms with Crippen LogP contribution < -0.4 is 0 Å². The standard InChI is InChI=1S/C59H36N4S/c1-2-16-37(17-3-1)38-32-33-50(54(36-38)63-52-29-11-8-24-46(52)47-25-9-12-30-53(47)63)58-60-57(61-59(62-58)51-35-40-18-4-5-21-42(40)44-22-6-7-23-45(44)51)41-20-14-19-39(34-41)43-27-15-28-49-48-26-10-13-31-55(48)64-56(43)49/h1-36H. The van der Waals surface area contributed by atoms with Crippen LogP contribution in [0.5, 0.6) is 0 Å². The van der Waals surface area contributed by atoms with Gasteiger partial charge in [-0.2, -0.15) is 0 Å². The predicted octanol–water partition coefficient (Wildman–Crippen LogP) is 16.0. The fourth-order valence-corrected chi connectivity index (χ4v) is 10.9. The molecule has 4 nitrogen and oxygen atoms in total. The first-order valence-electron chi connectivity index (χ1n) is 21.6. The SMILES string of the molecule is c1ccc(-c2ccc(-c3nc(-c4cccc(-c5cccc6c5sc5ccccc56)c4)nc(-c4cc5ccccc5c5ccccc45)n3)c(-n3c4ccccc4c4ccccc43)c2)cc1. The van der Waals surface area contributed by atoms with Gasteiger partial charge in [0.05, 0.1) is 16.7 Å². The lowest BCUT2D eigenvalue weighted by atomic mass is 9.96. The smallest absolute Gasteiger partial charge is 0.166 e. The molecule has 0 bridgehead atoms. The fraction of sp³-hybridized carbons (Fsp3) is 0. The van der Waals surface area contributed by atoms with Gasteiger partial charge in [0.2, 0.25) is 0 Å². The van der Waals surface area contributed by atoms with Gasteiger partial charge in [0.25, 0.3) is 0 Å². The summed E-state index contributed by atoms with van der Waals surface area (Å²) in [6.45, 7) is 0. The quantitative estimate of drug-likeness (QED) is 0.157. The fourth-order valence-electron chi connectivity index (χ4n) is 9.68. The number of para-hydroxylation sites is 2. The van der Waals surface area contributed by atoms with Crippen LogP contribution in [0.15, 0.2) is 218 Å². The number of hydrogen-bond donors (Lipinski definition) is 0. The van der Waals surface area contributed by atoms with E-state index in [1.165, 1.54) is 41.9 Å². The van der Waals surface area contributed by atoms with E-state index in [0.717, 1.165) is 66.3 Å². The van der Waals surface area contributed by atoms with E-state index < -0.39 is 0 Å². The van der Waals surface area contributed by atoms with E-state index in [1.54, 1.807) is 0 Å². The summed E-state index contributed by atoms with van der Waals surface area (Å²) in [5.41, 5.74) is 10.6. The van der Waals surface area contributed by atoms with Crippen molar-refractivity contribution in [3.63, 3.8) is 0 Å². The molecule has 0 amide bonds. The highest BCUT2D eigenvalue weighted by Crippen LogP contribution is 2.42. The first kappa shape index (κ1) is 36.4. The molecule has 13 rings (SSSR count). The molecule has 3 heterocycles. The minimum atomic E-state index is 0.603. The first-order chi connectivity index (χ1) is 31.7. The Morgan fingerprint density at radius 2 is 0.891 bits per heavy atom. The lowest BCUT2D eigenvalue weighted by Crippen LogP contribution is -2.04. The van der Waals surface area contributed by atoms with Crippen molar-refractivity contribution in [3.05, 3.63) is 218 Å². The molecule has 0 aliphatic heterocycles. The van der Waals surface area contributed by atoms with E-state index in [9.17, 15) is 0 Å². The van der Waals surface area contributed by atoms with Gasteiger partial charge in [0, 0.05) is 47.6 Å². The summed E-state index contributed by atoms with van der Waals surface area (Å²) in [5, 5.41) is 9.53. The van der Waals surface area contributed by atoms with Crippen LogP contribution in [-0.4, -0.2) is 19.5 Å². The van der Waals surface area contributed by atoms with E-state index in [0.29, 0.717) is 17.5 Å². The number of rotatable bonds is 6. The molecule has 0 aliphatic carbocycles. The number of thiophene rings is 1. The van der Waals surface area contributed by atoms with Gasteiger partial charge in [-0.05, 0) is 86.3 Å². The van der Waals surface area contributed by atoms with E-state index >= 15 is 0 Å². The average Bonchev–Trinajstić information content (AvgIpc) is 3.92. The molecular weight excluding hydrogens is 797 g/mol. The maximum Gasteiger partial charge on any atom is 0.166 e. The highest BCUT2D eigenvalue weighted by atomic mass is 32.1. The van der Waals surface area contributed by atoms with Crippen LogP contribution in [0, 0.1) is 0 Å². The molecule has 5 heteroatoms. The second kappa shape index (κ2) is 14.7. The van der Waals surface area contributed by atoms with Crippen molar-refractivity contribution in [2.45, 2.75) is 0 Å². The van der Waals surface area contributed by atoms with Crippen LogP contribution in [0.2, 0.25) is 0 Å². The van der Waals surface area contributed by atoms with Crippen molar-refractivity contribution in [1.29, 1.82) is 0 Å². The normalized spacial score (nSPS) is 11.8. The highest BCUT2D eigenvalue weighted by molar-refractivity contribution is 7.26. The molecule has 0 N–H and O–H groups in total. The maximum atomic E-state index is 5.50. The molecule has 0 fully saturated rings.